The predicted molar refractivity (Wildman–Crippen MR) is 89.9 cm³/mol. The number of hydrogen-bond donors (Lipinski definition) is 1. The average Bonchev–Trinajstić information content (AvgIpc) is 2.43. The van der Waals surface area contributed by atoms with E-state index in [1.165, 1.54) is 5.56 Å². The van der Waals surface area contributed by atoms with Crippen LogP contribution in [0.4, 0.5) is 0 Å². The second-order valence-corrected chi connectivity index (χ2v) is 5.50. The average molecular weight is 300 g/mol. The lowest BCUT2D eigenvalue weighted by atomic mass is 10.1. The van der Waals surface area contributed by atoms with E-state index in [1.807, 2.05) is 38.1 Å². The molecular formula is C17H20N2OS. The summed E-state index contributed by atoms with van der Waals surface area (Å²) in [5, 5.41) is 0. The first kappa shape index (κ1) is 15.4. The molecule has 0 aliphatic carbocycles. The predicted octanol–water partition coefficient (Wildman–Crippen LogP) is 3.34. The van der Waals surface area contributed by atoms with E-state index in [-0.39, 0.29) is 0 Å². The summed E-state index contributed by atoms with van der Waals surface area (Å²) in [6, 6.07) is 12.3. The molecule has 0 atom stereocenters. The Morgan fingerprint density at radius 1 is 1.24 bits per heavy atom. The molecule has 0 radical (unpaired) electrons. The van der Waals surface area contributed by atoms with Gasteiger partial charge in [-0.25, -0.2) is 4.98 Å². The van der Waals surface area contributed by atoms with Gasteiger partial charge < -0.3 is 10.5 Å². The summed E-state index contributed by atoms with van der Waals surface area (Å²) in [6.07, 6.45) is 1.91. The second-order valence-electron chi connectivity index (χ2n) is 5.06. The van der Waals surface area contributed by atoms with Crippen molar-refractivity contribution in [2.75, 3.05) is 6.61 Å². The molecule has 2 rings (SSSR count). The Bertz CT molecular complexity index is 626. The van der Waals surface area contributed by atoms with Crippen molar-refractivity contribution in [1.82, 2.24) is 4.98 Å². The number of benzene rings is 1. The van der Waals surface area contributed by atoms with Gasteiger partial charge in [0.15, 0.2) is 0 Å². The number of rotatable bonds is 6. The fourth-order valence-corrected chi connectivity index (χ4v) is 2.54. The molecule has 0 unspecified atom stereocenters. The van der Waals surface area contributed by atoms with E-state index >= 15 is 0 Å². The summed E-state index contributed by atoms with van der Waals surface area (Å²) in [6.45, 7) is 4.51. The smallest absolute Gasteiger partial charge is 0.224 e. The lowest BCUT2D eigenvalue weighted by molar-refractivity contribution is 0.298. The number of nitrogens with two attached hydrogens (primary N) is 1. The number of thiocarbonyl (C=S) groups is 1. The van der Waals surface area contributed by atoms with Crippen LogP contribution in [-0.2, 0) is 6.42 Å². The van der Waals surface area contributed by atoms with Gasteiger partial charge in [-0.15, -0.1) is 0 Å². The summed E-state index contributed by atoms with van der Waals surface area (Å²) in [4.78, 5) is 4.74. The molecule has 1 aromatic carbocycles. The van der Waals surface area contributed by atoms with E-state index in [0.29, 0.717) is 17.5 Å². The van der Waals surface area contributed by atoms with E-state index in [0.717, 1.165) is 29.7 Å². The Kier molecular flexibility index (Phi) is 5.28. The molecule has 21 heavy (non-hydrogen) atoms. The van der Waals surface area contributed by atoms with Crippen molar-refractivity contribution >= 4 is 17.2 Å². The Morgan fingerprint density at radius 3 is 2.62 bits per heavy atom. The number of hydrogen-bond acceptors (Lipinski definition) is 3. The monoisotopic (exact) mass is 300 g/mol. The molecule has 0 aliphatic heterocycles. The fraction of sp³-hybridized carbons (Fsp3) is 0.294. The highest BCUT2D eigenvalue weighted by Crippen LogP contribution is 2.21. The third-order valence-corrected chi connectivity index (χ3v) is 3.45. The zero-order chi connectivity index (χ0) is 15.2. The number of pyridine rings is 1. The van der Waals surface area contributed by atoms with Crippen LogP contribution in [0.15, 0.2) is 36.4 Å². The number of nitrogens with zero attached hydrogens (tertiary/aromatic N) is 1. The van der Waals surface area contributed by atoms with Gasteiger partial charge in [0.1, 0.15) is 4.99 Å². The first-order chi connectivity index (χ1) is 10.1. The molecule has 1 heterocycles. The van der Waals surface area contributed by atoms with E-state index < -0.39 is 0 Å². The Morgan fingerprint density at radius 2 is 1.95 bits per heavy atom. The molecule has 0 saturated heterocycles. The standard InChI is InChI=1S/C17H20N2OS/c1-12-11-13(2)19-17(15(12)16(18)21)20-10-6-9-14-7-4-3-5-8-14/h3-5,7-8,11H,6,9-10H2,1-2H3,(H2,18,21). The molecule has 0 spiro atoms. The van der Waals surface area contributed by atoms with Crippen LogP contribution in [-0.4, -0.2) is 16.6 Å². The van der Waals surface area contributed by atoms with Crippen molar-refractivity contribution in [2.45, 2.75) is 26.7 Å². The molecule has 0 bridgehead atoms. The van der Waals surface area contributed by atoms with Gasteiger partial charge in [-0.1, -0.05) is 42.5 Å². The van der Waals surface area contributed by atoms with Crippen molar-refractivity contribution in [1.29, 1.82) is 0 Å². The third kappa shape index (κ3) is 4.26. The van der Waals surface area contributed by atoms with Crippen molar-refractivity contribution in [3.8, 4) is 5.88 Å². The topological polar surface area (TPSA) is 48.1 Å². The molecular weight excluding hydrogens is 280 g/mol. The van der Waals surface area contributed by atoms with Gasteiger partial charge in [-0.05, 0) is 43.9 Å². The van der Waals surface area contributed by atoms with Crippen LogP contribution in [0.3, 0.4) is 0 Å². The number of ether oxygens (including phenoxy) is 1. The minimum absolute atomic E-state index is 0.332. The molecule has 2 N–H and O–H groups in total. The summed E-state index contributed by atoms with van der Waals surface area (Å²) in [7, 11) is 0. The normalized spacial score (nSPS) is 10.4. The first-order valence-corrected chi connectivity index (χ1v) is 7.43. The molecule has 0 amide bonds. The fourth-order valence-electron chi connectivity index (χ4n) is 2.30. The maximum Gasteiger partial charge on any atom is 0.224 e. The summed E-state index contributed by atoms with van der Waals surface area (Å²) < 4.78 is 5.80. The van der Waals surface area contributed by atoms with Gasteiger partial charge in [-0.3, -0.25) is 0 Å². The maximum atomic E-state index is 5.80. The SMILES string of the molecule is Cc1cc(C)c(C(N)=S)c(OCCCc2ccccc2)n1. The van der Waals surface area contributed by atoms with Gasteiger partial charge in [0.2, 0.25) is 5.88 Å². The van der Waals surface area contributed by atoms with Crippen LogP contribution in [0.25, 0.3) is 0 Å². The van der Waals surface area contributed by atoms with Gasteiger partial charge >= 0.3 is 0 Å². The minimum atomic E-state index is 0.332. The van der Waals surface area contributed by atoms with Crippen molar-refractivity contribution < 1.29 is 4.74 Å². The zero-order valence-electron chi connectivity index (χ0n) is 12.4. The molecule has 1 aromatic heterocycles. The first-order valence-electron chi connectivity index (χ1n) is 7.02. The molecule has 0 fully saturated rings. The molecule has 4 heteroatoms. The van der Waals surface area contributed by atoms with E-state index in [2.05, 4.69) is 17.1 Å². The molecule has 110 valence electrons. The van der Waals surface area contributed by atoms with Crippen molar-refractivity contribution in [2.24, 2.45) is 5.73 Å². The van der Waals surface area contributed by atoms with Crippen molar-refractivity contribution in [3.05, 3.63) is 58.8 Å². The number of aromatic nitrogens is 1. The van der Waals surface area contributed by atoms with E-state index in [9.17, 15) is 0 Å². The maximum absolute atomic E-state index is 5.80. The Balaban J connectivity index is 1.98. The minimum Gasteiger partial charge on any atom is -0.477 e. The summed E-state index contributed by atoms with van der Waals surface area (Å²) >= 11 is 5.09. The van der Waals surface area contributed by atoms with E-state index in [1.54, 1.807) is 0 Å². The van der Waals surface area contributed by atoms with Crippen LogP contribution in [0, 0.1) is 13.8 Å². The summed E-state index contributed by atoms with van der Waals surface area (Å²) in [5.74, 6) is 0.549. The second kappa shape index (κ2) is 7.18. The molecule has 3 nitrogen and oxygen atoms in total. The third-order valence-electron chi connectivity index (χ3n) is 3.25. The molecule has 0 aliphatic rings. The van der Waals surface area contributed by atoms with Crippen LogP contribution in [0.1, 0.15) is 28.8 Å². The lowest BCUT2D eigenvalue weighted by Crippen LogP contribution is -2.15. The van der Waals surface area contributed by atoms with Crippen LogP contribution < -0.4 is 10.5 Å². The van der Waals surface area contributed by atoms with E-state index in [4.69, 9.17) is 22.7 Å². The molecule has 0 saturated carbocycles. The Hall–Kier alpha value is -1.94. The van der Waals surface area contributed by atoms with Crippen LogP contribution in [0.2, 0.25) is 0 Å². The van der Waals surface area contributed by atoms with Crippen LogP contribution >= 0.6 is 12.2 Å². The highest BCUT2D eigenvalue weighted by molar-refractivity contribution is 7.80. The van der Waals surface area contributed by atoms with Crippen molar-refractivity contribution in [3.63, 3.8) is 0 Å². The summed E-state index contributed by atoms with van der Waals surface area (Å²) in [5.41, 5.74) is 9.74. The highest BCUT2D eigenvalue weighted by atomic mass is 32.1. The van der Waals surface area contributed by atoms with Gasteiger partial charge in [-0.2, -0.15) is 0 Å². The van der Waals surface area contributed by atoms with Gasteiger partial charge in [0, 0.05) is 5.69 Å². The van der Waals surface area contributed by atoms with Crippen LogP contribution in [0.5, 0.6) is 5.88 Å². The quantitative estimate of drug-likeness (QED) is 0.656. The lowest BCUT2D eigenvalue weighted by Gasteiger charge is -2.13. The number of aryl methyl sites for hydroxylation is 3. The molecule has 2 aromatic rings. The largest absolute Gasteiger partial charge is 0.477 e. The zero-order valence-corrected chi connectivity index (χ0v) is 13.2. The van der Waals surface area contributed by atoms with Gasteiger partial charge in [0.25, 0.3) is 0 Å². The highest BCUT2D eigenvalue weighted by Gasteiger charge is 2.12. The van der Waals surface area contributed by atoms with Gasteiger partial charge in [0.05, 0.1) is 12.2 Å². The Labute approximate surface area is 131 Å².